The Morgan fingerprint density at radius 1 is 1.20 bits per heavy atom. The molecule has 2 amide bonds. The number of fused-ring (bicyclic) bond motifs is 2. The summed E-state index contributed by atoms with van der Waals surface area (Å²) in [6, 6.07) is 2.55. The highest BCUT2D eigenvalue weighted by molar-refractivity contribution is 6.14. The van der Waals surface area contributed by atoms with Crippen LogP contribution in [0.2, 0.25) is 0 Å². The largest absolute Gasteiger partial charge is 0.430 e. The summed E-state index contributed by atoms with van der Waals surface area (Å²) in [6.45, 7) is 0. The summed E-state index contributed by atoms with van der Waals surface area (Å²) in [5.74, 6) is -0.474. The number of amides is 2. The second-order valence-electron chi connectivity index (χ2n) is 6.29. The molecular weight excluding hydrogens is 320 g/mol. The van der Waals surface area contributed by atoms with Crippen LogP contribution in [0.15, 0.2) is 67.7 Å². The van der Waals surface area contributed by atoms with Gasteiger partial charge in [0.25, 0.3) is 11.8 Å². The van der Waals surface area contributed by atoms with Crippen LogP contribution >= 0.6 is 0 Å². The van der Waals surface area contributed by atoms with Crippen molar-refractivity contribution in [2.75, 3.05) is 0 Å². The maximum Gasteiger partial charge on any atom is 0.335 e. The summed E-state index contributed by atoms with van der Waals surface area (Å²) < 4.78 is 4.69. The minimum Gasteiger partial charge on any atom is -0.430 e. The highest BCUT2D eigenvalue weighted by Gasteiger charge is 2.33. The van der Waals surface area contributed by atoms with Gasteiger partial charge in [-0.15, -0.1) is 0 Å². The molecule has 1 N–H and O–H groups in total. The van der Waals surface area contributed by atoms with Gasteiger partial charge in [0.1, 0.15) is 6.26 Å². The van der Waals surface area contributed by atoms with Gasteiger partial charge in [-0.25, -0.2) is 9.79 Å². The predicted molar refractivity (Wildman–Crippen MR) is 91.1 cm³/mol. The Bertz CT molecular complexity index is 926. The number of aliphatic imine (C=N–C) groups is 1. The summed E-state index contributed by atoms with van der Waals surface area (Å²) in [4.78, 5) is 39.5. The van der Waals surface area contributed by atoms with E-state index in [1.165, 1.54) is 17.7 Å². The van der Waals surface area contributed by atoms with Gasteiger partial charge in [0.2, 0.25) is 0 Å². The van der Waals surface area contributed by atoms with Gasteiger partial charge < -0.3 is 9.73 Å². The van der Waals surface area contributed by atoms with Crippen LogP contribution in [0.5, 0.6) is 0 Å². The van der Waals surface area contributed by atoms with Gasteiger partial charge in [0.15, 0.2) is 0 Å². The standard InChI is InChI=1S/C19H16N2O4/c22-17-8-5-11(10-25-17)18(23)20-12-6-7-14-13-3-1-2-4-15(13)19(24)21-16(14)9-12/h5-10,14H,1-4H2,(H,21,24). The Kier molecular flexibility index (Phi) is 3.80. The quantitative estimate of drug-likeness (QED) is 0.852. The van der Waals surface area contributed by atoms with Crippen molar-refractivity contribution in [2.45, 2.75) is 25.7 Å². The lowest BCUT2D eigenvalue weighted by atomic mass is 9.77. The van der Waals surface area contributed by atoms with Gasteiger partial charge in [-0.2, -0.15) is 0 Å². The van der Waals surface area contributed by atoms with Gasteiger partial charge in [0, 0.05) is 23.3 Å². The van der Waals surface area contributed by atoms with Crippen LogP contribution in [-0.4, -0.2) is 17.5 Å². The van der Waals surface area contributed by atoms with Crippen LogP contribution < -0.4 is 10.9 Å². The van der Waals surface area contributed by atoms with Gasteiger partial charge >= 0.3 is 5.63 Å². The molecule has 3 aliphatic rings. The van der Waals surface area contributed by atoms with Crippen molar-refractivity contribution in [2.24, 2.45) is 10.9 Å². The second kappa shape index (κ2) is 6.12. The third-order valence-corrected chi connectivity index (χ3v) is 4.69. The van der Waals surface area contributed by atoms with E-state index in [1.807, 2.05) is 6.08 Å². The summed E-state index contributed by atoms with van der Waals surface area (Å²) in [5, 5.41) is 2.93. The van der Waals surface area contributed by atoms with Crippen LogP contribution in [0.3, 0.4) is 0 Å². The molecule has 2 aliphatic carbocycles. The normalized spacial score (nSPS) is 23.7. The molecule has 0 saturated heterocycles. The molecular formula is C19H16N2O4. The maximum absolute atomic E-state index is 12.3. The molecule has 1 atom stereocenters. The molecule has 1 aliphatic heterocycles. The zero-order chi connectivity index (χ0) is 17.4. The topological polar surface area (TPSA) is 88.7 Å². The van der Waals surface area contributed by atoms with Crippen LogP contribution in [0.1, 0.15) is 36.0 Å². The molecule has 2 heterocycles. The Morgan fingerprint density at radius 2 is 2.04 bits per heavy atom. The smallest absolute Gasteiger partial charge is 0.335 e. The Hall–Kier alpha value is -3.02. The zero-order valence-corrected chi connectivity index (χ0v) is 13.5. The molecule has 0 radical (unpaired) electrons. The minimum atomic E-state index is -0.520. The summed E-state index contributed by atoms with van der Waals surface area (Å²) >= 11 is 0. The first-order chi connectivity index (χ1) is 12.1. The van der Waals surface area contributed by atoms with E-state index in [2.05, 4.69) is 14.7 Å². The zero-order valence-electron chi connectivity index (χ0n) is 13.5. The molecule has 0 saturated carbocycles. The first-order valence-electron chi connectivity index (χ1n) is 8.27. The molecule has 4 rings (SSSR count). The van der Waals surface area contributed by atoms with Gasteiger partial charge in [0.05, 0.1) is 11.3 Å². The fourth-order valence-corrected chi connectivity index (χ4v) is 3.48. The van der Waals surface area contributed by atoms with Crippen molar-refractivity contribution in [1.29, 1.82) is 0 Å². The number of carbonyl (C=O) groups excluding carboxylic acids is 2. The molecule has 1 aromatic rings. The van der Waals surface area contributed by atoms with E-state index in [-0.39, 0.29) is 17.4 Å². The molecule has 25 heavy (non-hydrogen) atoms. The van der Waals surface area contributed by atoms with Crippen molar-refractivity contribution < 1.29 is 14.0 Å². The SMILES string of the molecule is O=C1NC2=CC(=NC(=O)c3ccc(=O)oc3)C=CC2C2=C1CCCC2. The molecule has 0 fully saturated rings. The van der Waals surface area contributed by atoms with Crippen molar-refractivity contribution in [3.05, 3.63) is 69.5 Å². The molecule has 6 heteroatoms. The lowest BCUT2D eigenvalue weighted by molar-refractivity contribution is -0.117. The van der Waals surface area contributed by atoms with Gasteiger partial charge in [-0.3, -0.25) is 9.59 Å². The van der Waals surface area contributed by atoms with E-state index >= 15 is 0 Å². The highest BCUT2D eigenvalue weighted by Crippen LogP contribution is 2.38. The summed E-state index contributed by atoms with van der Waals surface area (Å²) in [7, 11) is 0. The molecule has 1 unspecified atom stereocenters. The number of nitrogens with zero attached hydrogens (tertiary/aromatic N) is 1. The lowest BCUT2D eigenvalue weighted by Crippen LogP contribution is -2.37. The van der Waals surface area contributed by atoms with Crippen LogP contribution in [-0.2, 0) is 4.79 Å². The number of rotatable bonds is 1. The fourth-order valence-electron chi connectivity index (χ4n) is 3.48. The first kappa shape index (κ1) is 15.5. The van der Waals surface area contributed by atoms with Crippen molar-refractivity contribution in [1.82, 2.24) is 5.32 Å². The van der Waals surface area contributed by atoms with Gasteiger partial charge in [-0.05, 0) is 49.5 Å². The number of nitrogens with one attached hydrogen (secondary N) is 1. The van der Waals surface area contributed by atoms with E-state index in [1.54, 1.807) is 12.2 Å². The van der Waals surface area contributed by atoms with Crippen molar-refractivity contribution in [3.8, 4) is 0 Å². The van der Waals surface area contributed by atoms with E-state index in [9.17, 15) is 14.4 Å². The Morgan fingerprint density at radius 3 is 2.84 bits per heavy atom. The molecule has 6 nitrogen and oxygen atoms in total. The molecule has 0 aromatic carbocycles. The summed E-state index contributed by atoms with van der Waals surface area (Å²) in [6.07, 6.45) is 10.5. The Balaban J connectivity index is 1.62. The van der Waals surface area contributed by atoms with Crippen LogP contribution in [0, 0.1) is 5.92 Å². The predicted octanol–water partition coefficient (Wildman–Crippen LogP) is 2.29. The monoisotopic (exact) mass is 336 g/mol. The Labute approximate surface area is 143 Å². The molecule has 1 aromatic heterocycles. The summed E-state index contributed by atoms with van der Waals surface area (Å²) in [5.41, 5.74) is 3.00. The molecule has 0 spiro atoms. The number of hydrogen-bond donors (Lipinski definition) is 1. The van der Waals surface area contributed by atoms with E-state index in [0.29, 0.717) is 5.71 Å². The number of carbonyl (C=O) groups is 2. The van der Waals surface area contributed by atoms with E-state index in [0.717, 1.165) is 43.2 Å². The van der Waals surface area contributed by atoms with Crippen molar-refractivity contribution >= 4 is 17.5 Å². The third-order valence-electron chi connectivity index (χ3n) is 4.69. The van der Waals surface area contributed by atoms with E-state index < -0.39 is 11.5 Å². The minimum absolute atomic E-state index is 0.0389. The third kappa shape index (κ3) is 2.91. The highest BCUT2D eigenvalue weighted by atomic mass is 16.4. The van der Waals surface area contributed by atoms with E-state index in [4.69, 9.17) is 0 Å². The fraction of sp³-hybridized carbons (Fsp3) is 0.263. The lowest BCUT2D eigenvalue weighted by Gasteiger charge is -2.33. The number of hydrogen-bond acceptors (Lipinski definition) is 4. The maximum atomic E-state index is 12.3. The second-order valence-corrected chi connectivity index (χ2v) is 6.29. The molecule has 0 bridgehead atoms. The van der Waals surface area contributed by atoms with Gasteiger partial charge in [-0.1, -0.05) is 6.08 Å². The van der Waals surface area contributed by atoms with Crippen LogP contribution in [0.25, 0.3) is 0 Å². The molecule has 126 valence electrons. The average Bonchev–Trinajstić information content (AvgIpc) is 2.62. The number of allylic oxidation sites excluding steroid dienone is 3. The van der Waals surface area contributed by atoms with Crippen molar-refractivity contribution in [3.63, 3.8) is 0 Å². The average molecular weight is 336 g/mol. The van der Waals surface area contributed by atoms with Crippen LogP contribution in [0.4, 0.5) is 0 Å². The first-order valence-corrected chi connectivity index (χ1v) is 8.27.